The maximum absolute atomic E-state index is 15.4. The molecule has 4 amide bonds. The first-order chi connectivity index (χ1) is 34.4. The van der Waals surface area contributed by atoms with Crippen LogP contribution in [0.3, 0.4) is 0 Å². The number of carbonyl (C=O) groups excluding carboxylic acids is 5. The maximum Gasteiger partial charge on any atom is 0.343 e. The van der Waals surface area contributed by atoms with Crippen molar-refractivity contribution in [2.75, 3.05) is 106 Å². The number of likely N-dealkylation sites (tertiary alicyclic amines) is 1. The summed E-state index contributed by atoms with van der Waals surface area (Å²) in [6.07, 6.45) is 14.6. The highest BCUT2D eigenvalue weighted by molar-refractivity contribution is 6.01. The molecular formula is C51H72FN13O6. The summed E-state index contributed by atoms with van der Waals surface area (Å²) in [4.78, 5) is 86.3. The largest absolute Gasteiger partial charge is 0.462 e. The second kappa shape index (κ2) is 22.7. The number of aromatic nitrogens is 4. The monoisotopic (exact) mass is 982 g/mol. The smallest absolute Gasteiger partial charge is 0.343 e. The van der Waals surface area contributed by atoms with Crippen LogP contribution in [0.1, 0.15) is 94.3 Å². The Bertz CT molecular complexity index is 2360. The number of carbonyl (C=O) groups is 5. The molecule has 2 saturated carbocycles. The van der Waals surface area contributed by atoms with Crippen LogP contribution < -0.4 is 25.8 Å². The molecule has 6 aliphatic rings. The first-order valence-electron chi connectivity index (χ1n) is 26.1. The zero-order valence-electron chi connectivity index (χ0n) is 41.7. The molecule has 4 aliphatic heterocycles. The number of benzene rings is 1. The number of esters is 1. The molecule has 2 aliphatic carbocycles. The molecule has 0 radical (unpaired) electrons. The van der Waals surface area contributed by atoms with E-state index < -0.39 is 12.0 Å². The third kappa shape index (κ3) is 12.1. The molecule has 71 heavy (non-hydrogen) atoms. The number of amides is 4. The quantitative estimate of drug-likeness (QED) is 0.153. The molecule has 19 nitrogen and oxygen atoms in total. The van der Waals surface area contributed by atoms with Gasteiger partial charge in [-0.05, 0) is 102 Å². The van der Waals surface area contributed by atoms with Crippen LogP contribution in [0.4, 0.5) is 33.2 Å². The summed E-state index contributed by atoms with van der Waals surface area (Å²) >= 11 is 0. The summed E-state index contributed by atoms with van der Waals surface area (Å²) < 4.78 is 22.4. The molecule has 1 aromatic carbocycles. The van der Waals surface area contributed by atoms with E-state index in [1.165, 1.54) is 12.3 Å². The zero-order chi connectivity index (χ0) is 49.6. The van der Waals surface area contributed by atoms with E-state index in [0.29, 0.717) is 47.1 Å². The van der Waals surface area contributed by atoms with E-state index in [1.807, 2.05) is 19.3 Å². The summed E-state index contributed by atoms with van der Waals surface area (Å²) in [5.74, 6) is 0.444. The Morgan fingerprint density at radius 3 is 2.13 bits per heavy atom. The average molecular weight is 982 g/mol. The summed E-state index contributed by atoms with van der Waals surface area (Å²) in [5.41, 5.74) is 2.23. The molecule has 0 bridgehead atoms. The molecule has 2 aromatic heterocycles. The van der Waals surface area contributed by atoms with Gasteiger partial charge in [0.15, 0.2) is 0 Å². The summed E-state index contributed by atoms with van der Waals surface area (Å²) in [6, 6.07) is 5.21. The first kappa shape index (κ1) is 50.1. The van der Waals surface area contributed by atoms with Crippen molar-refractivity contribution in [1.82, 2.24) is 44.7 Å². The van der Waals surface area contributed by atoms with Crippen LogP contribution in [-0.2, 0) is 31.0 Å². The van der Waals surface area contributed by atoms with Gasteiger partial charge in [0.2, 0.25) is 29.6 Å². The molecule has 1 atom stereocenters. The fourth-order valence-electron chi connectivity index (χ4n) is 11.8. The van der Waals surface area contributed by atoms with Crippen LogP contribution in [0.5, 0.6) is 0 Å². The van der Waals surface area contributed by atoms with Gasteiger partial charge in [0, 0.05) is 135 Å². The van der Waals surface area contributed by atoms with Crippen molar-refractivity contribution in [2.24, 2.45) is 24.8 Å². The minimum Gasteiger partial charge on any atom is -0.462 e. The molecule has 6 heterocycles. The van der Waals surface area contributed by atoms with Gasteiger partial charge in [-0.3, -0.25) is 39.0 Å². The Morgan fingerprint density at radius 1 is 0.831 bits per heavy atom. The predicted molar refractivity (Wildman–Crippen MR) is 267 cm³/mol. The van der Waals surface area contributed by atoms with E-state index in [1.54, 1.807) is 35.8 Å². The van der Waals surface area contributed by atoms with Crippen LogP contribution in [-0.4, -0.2) is 173 Å². The fourth-order valence-corrected chi connectivity index (χ4v) is 11.8. The topological polar surface area (TPSA) is 194 Å². The van der Waals surface area contributed by atoms with E-state index in [4.69, 9.17) is 4.74 Å². The number of anilines is 5. The second-order valence-corrected chi connectivity index (χ2v) is 20.5. The number of ether oxygens (including phenoxy) is 1. The number of likely N-dealkylation sites (N-methyl/N-ethyl adjacent to an activating group) is 1. The number of aryl methyl sites for hydroxylation is 1. The maximum atomic E-state index is 15.4. The number of piperazine rings is 2. The third-order valence-electron chi connectivity index (χ3n) is 16.0. The van der Waals surface area contributed by atoms with Crippen molar-refractivity contribution in [3.05, 3.63) is 48.2 Å². The third-order valence-corrected chi connectivity index (χ3v) is 16.0. The minimum absolute atomic E-state index is 0.00548. The Kier molecular flexibility index (Phi) is 16.0. The lowest BCUT2D eigenvalue weighted by Crippen LogP contribution is -2.54. The molecule has 0 spiro atoms. The summed E-state index contributed by atoms with van der Waals surface area (Å²) in [6.45, 7) is 10.9. The number of hydrogen-bond acceptors (Lipinski definition) is 15. The number of hydrogen-bond donors (Lipinski definition) is 3. The lowest BCUT2D eigenvalue weighted by Gasteiger charge is -2.43. The Morgan fingerprint density at radius 2 is 1.51 bits per heavy atom. The molecule has 4 saturated heterocycles. The van der Waals surface area contributed by atoms with Gasteiger partial charge in [-0.1, -0.05) is 0 Å². The summed E-state index contributed by atoms with van der Waals surface area (Å²) in [7, 11) is 3.59. The Labute approximate surface area is 416 Å². The Hall–Kier alpha value is -5.89. The number of rotatable bonds is 14. The van der Waals surface area contributed by atoms with Gasteiger partial charge in [-0.15, -0.1) is 0 Å². The number of piperidine rings is 2. The van der Waals surface area contributed by atoms with E-state index in [-0.39, 0.29) is 60.4 Å². The van der Waals surface area contributed by atoms with E-state index in [2.05, 4.69) is 55.5 Å². The fraction of sp³-hybridized carbons (Fsp3) is 0.647. The molecule has 3 aromatic rings. The first-order valence-corrected chi connectivity index (χ1v) is 26.1. The average Bonchev–Trinajstić information content (AvgIpc) is 3.80. The van der Waals surface area contributed by atoms with E-state index in [0.717, 1.165) is 142 Å². The van der Waals surface area contributed by atoms with Gasteiger partial charge in [-0.2, -0.15) is 10.1 Å². The molecule has 20 heteroatoms. The van der Waals surface area contributed by atoms with Gasteiger partial charge in [0.25, 0.3) is 0 Å². The SMILES string of the molecule is CCOC(=O)c1cnc(Nc2cnn(C)c2)nc1NC1CCC(N2CCN(C(=O)C3CCC(C(=O)N4CCC(CN5CCN(c6ccc(N(C)C7CCC(=O)NC7=O)cc6F)CC5)CC4)CC3)CC2)CC1. The predicted octanol–water partition coefficient (Wildman–Crippen LogP) is 4.25. The van der Waals surface area contributed by atoms with Crippen LogP contribution in [0.15, 0.2) is 36.8 Å². The normalized spacial score (nSPS) is 25.1. The number of halogens is 1. The van der Waals surface area contributed by atoms with Gasteiger partial charge < -0.3 is 35.0 Å². The van der Waals surface area contributed by atoms with Gasteiger partial charge in [0.1, 0.15) is 23.2 Å². The van der Waals surface area contributed by atoms with Crippen LogP contribution in [0.2, 0.25) is 0 Å². The Balaban J connectivity index is 0.654. The highest BCUT2D eigenvalue weighted by Gasteiger charge is 2.38. The number of nitrogens with zero attached hydrogens (tertiary/aromatic N) is 10. The molecule has 9 rings (SSSR count). The van der Waals surface area contributed by atoms with Gasteiger partial charge in [0.05, 0.1) is 24.2 Å². The zero-order valence-corrected chi connectivity index (χ0v) is 41.7. The second-order valence-electron chi connectivity index (χ2n) is 20.5. The van der Waals surface area contributed by atoms with Crippen LogP contribution in [0.25, 0.3) is 0 Å². The van der Waals surface area contributed by atoms with E-state index in [9.17, 15) is 24.0 Å². The molecule has 1 unspecified atom stereocenters. The highest BCUT2D eigenvalue weighted by Crippen LogP contribution is 2.35. The van der Waals surface area contributed by atoms with Crippen molar-refractivity contribution in [2.45, 2.75) is 102 Å². The molecule has 384 valence electrons. The van der Waals surface area contributed by atoms with Crippen molar-refractivity contribution in [3.8, 4) is 0 Å². The minimum atomic E-state index is -0.508. The van der Waals surface area contributed by atoms with Gasteiger partial charge in [-0.25, -0.2) is 14.2 Å². The van der Waals surface area contributed by atoms with Gasteiger partial charge >= 0.3 is 5.97 Å². The van der Waals surface area contributed by atoms with Crippen LogP contribution in [0, 0.1) is 23.6 Å². The van der Waals surface area contributed by atoms with Crippen molar-refractivity contribution >= 4 is 58.4 Å². The lowest BCUT2D eigenvalue weighted by atomic mass is 9.80. The number of nitrogens with one attached hydrogen (secondary N) is 3. The summed E-state index contributed by atoms with van der Waals surface area (Å²) in [5, 5.41) is 13.3. The number of imide groups is 1. The molecule has 3 N–H and O–H groups in total. The van der Waals surface area contributed by atoms with Crippen molar-refractivity contribution in [1.29, 1.82) is 0 Å². The van der Waals surface area contributed by atoms with Crippen molar-refractivity contribution in [3.63, 3.8) is 0 Å². The molecule has 6 fully saturated rings. The standard InChI is InChI=1S/C51H72FN13O6/c1-4-71-50(70)41-31-53-51(56-38-30-54-59(2)33-38)58-46(41)55-37-9-11-39(12-10-37)62-25-27-65(28-26-62)49(69)36-7-5-35(6-8-36)48(68)64-19-17-34(18-20-64)32-61-21-23-63(24-22-61)43-14-13-40(29-42(43)52)60(3)44-15-16-45(66)57-47(44)67/h13-14,29-31,33-37,39,44H,4-12,15-28,32H2,1-3H3,(H,57,66,67)(H2,53,55,56,58). The molecular weight excluding hydrogens is 910 g/mol. The van der Waals surface area contributed by atoms with Crippen molar-refractivity contribution < 1.29 is 33.1 Å². The lowest BCUT2D eigenvalue weighted by molar-refractivity contribution is -0.143. The van der Waals surface area contributed by atoms with Crippen LogP contribution >= 0.6 is 0 Å². The van der Waals surface area contributed by atoms with E-state index >= 15 is 4.39 Å². The highest BCUT2D eigenvalue weighted by atomic mass is 19.1.